The first-order valence-corrected chi connectivity index (χ1v) is 7.18. The van der Waals surface area contributed by atoms with Crippen molar-refractivity contribution in [2.24, 2.45) is 0 Å². The fourth-order valence-corrected chi connectivity index (χ4v) is 2.50. The van der Waals surface area contributed by atoms with Crippen LogP contribution in [0.1, 0.15) is 28.4 Å². The third kappa shape index (κ3) is 2.57. The minimum Gasteiger partial charge on any atom is -0.323 e. The average Bonchev–Trinajstić information content (AvgIpc) is 2.86. The Labute approximate surface area is 129 Å². The summed E-state index contributed by atoms with van der Waals surface area (Å²) in [5, 5.41) is 2.75. The van der Waals surface area contributed by atoms with Gasteiger partial charge in [-0.05, 0) is 37.1 Å². The highest BCUT2D eigenvalue weighted by molar-refractivity contribution is 6.03. The lowest BCUT2D eigenvalue weighted by Gasteiger charge is -2.23. The topological polar surface area (TPSA) is 62.3 Å². The summed E-state index contributed by atoms with van der Waals surface area (Å²) in [5.41, 5.74) is 2.66. The van der Waals surface area contributed by atoms with Crippen LogP contribution < -0.4 is 5.32 Å². The van der Waals surface area contributed by atoms with Gasteiger partial charge in [0, 0.05) is 18.3 Å². The standard InChI is InChI=1S/C17H17N3O2/c1-11-7-8-15(18-9-11)19-16(21)12(2)20-10-13-5-3-4-6-14(13)17(20)22/h3-9,12H,10H2,1-2H3,(H,18,19,21). The van der Waals surface area contributed by atoms with Crippen molar-refractivity contribution in [1.29, 1.82) is 0 Å². The first kappa shape index (κ1) is 14.3. The van der Waals surface area contributed by atoms with E-state index in [2.05, 4.69) is 10.3 Å². The second kappa shape index (κ2) is 5.60. The Kier molecular flexibility index (Phi) is 3.63. The van der Waals surface area contributed by atoms with Crippen molar-refractivity contribution < 1.29 is 9.59 Å². The van der Waals surface area contributed by atoms with Gasteiger partial charge in [0.25, 0.3) is 5.91 Å². The highest BCUT2D eigenvalue weighted by Gasteiger charge is 2.33. The van der Waals surface area contributed by atoms with Gasteiger partial charge in [0.05, 0.1) is 0 Å². The summed E-state index contributed by atoms with van der Waals surface area (Å²) in [4.78, 5) is 30.4. The van der Waals surface area contributed by atoms with E-state index in [0.29, 0.717) is 17.9 Å². The molecule has 0 saturated carbocycles. The Balaban J connectivity index is 1.72. The molecule has 2 aromatic rings. The minimum atomic E-state index is -0.553. The predicted molar refractivity (Wildman–Crippen MR) is 83.4 cm³/mol. The number of amides is 2. The summed E-state index contributed by atoms with van der Waals surface area (Å²) in [6.07, 6.45) is 1.69. The molecule has 3 rings (SSSR count). The summed E-state index contributed by atoms with van der Waals surface area (Å²) in [7, 11) is 0. The molecule has 5 nitrogen and oxygen atoms in total. The number of fused-ring (bicyclic) bond motifs is 1. The number of carbonyl (C=O) groups excluding carboxylic acids is 2. The zero-order valence-electron chi connectivity index (χ0n) is 12.5. The Hall–Kier alpha value is -2.69. The molecule has 1 aromatic carbocycles. The molecule has 0 spiro atoms. The van der Waals surface area contributed by atoms with Crippen LogP contribution >= 0.6 is 0 Å². The lowest BCUT2D eigenvalue weighted by atomic mass is 10.1. The van der Waals surface area contributed by atoms with Crippen molar-refractivity contribution >= 4 is 17.6 Å². The molecule has 1 aromatic heterocycles. The molecule has 5 heteroatoms. The fourth-order valence-electron chi connectivity index (χ4n) is 2.50. The average molecular weight is 295 g/mol. The van der Waals surface area contributed by atoms with Gasteiger partial charge in [-0.25, -0.2) is 4.98 Å². The maximum absolute atomic E-state index is 12.4. The number of hydrogen-bond acceptors (Lipinski definition) is 3. The number of nitrogens with one attached hydrogen (secondary N) is 1. The molecule has 0 fully saturated rings. The predicted octanol–water partition coefficient (Wildman–Crippen LogP) is 2.37. The minimum absolute atomic E-state index is 0.102. The van der Waals surface area contributed by atoms with E-state index in [1.165, 1.54) is 0 Å². The summed E-state index contributed by atoms with van der Waals surface area (Å²) in [5.74, 6) is 0.152. The van der Waals surface area contributed by atoms with Crippen LogP contribution in [0.3, 0.4) is 0 Å². The summed E-state index contributed by atoms with van der Waals surface area (Å²) >= 11 is 0. The number of carbonyl (C=O) groups is 2. The summed E-state index contributed by atoms with van der Waals surface area (Å²) in [6.45, 7) is 4.12. The fraction of sp³-hybridized carbons (Fsp3) is 0.235. The SMILES string of the molecule is Cc1ccc(NC(=O)C(C)N2Cc3ccccc3C2=O)nc1. The number of pyridine rings is 1. The molecule has 0 bridgehead atoms. The van der Waals surface area contributed by atoms with E-state index in [1.807, 2.05) is 31.2 Å². The van der Waals surface area contributed by atoms with Gasteiger partial charge in [-0.2, -0.15) is 0 Å². The molecule has 22 heavy (non-hydrogen) atoms. The number of aromatic nitrogens is 1. The van der Waals surface area contributed by atoms with E-state index >= 15 is 0 Å². The molecule has 0 aliphatic carbocycles. The zero-order chi connectivity index (χ0) is 15.7. The molecule has 2 amide bonds. The molecule has 1 unspecified atom stereocenters. The third-order valence-corrected chi connectivity index (χ3v) is 3.86. The van der Waals surface area contributed by atoms with E-state index in [-0.39, 0.29) is 11.8 Å². The molecular weight excluding hydrogens is 278 g/mol. The van der Waals surface area contributed by atoms with Gasteiger partial charge < -0.3 is 10.2 Å². The first-order valence-electron chi connectivity index (χ1n) is 7.18. The number of nitrogens with zero attached hydrogens (tertiary/aromatic N) is 2. The highest BCUT2D eigenvalue weighted by Crippen LogP contribution is 2.24. The third-order valence-electron chi connectivity index (χ3n) is 3.86. The van der Waals surface area contributed by atoms with Crippen LogP contribution in [0.15, 0.2) is 42.6 Å². The summed E-state index contributed by atoms with van der Waals surface area (Å²) in [6, 6.07) is 10.5. The van der Waals surface area contributed by atoms with Gasteiger partial charge >= 0.3 is 0 Å². The quantitative estimate of drug-likeness (QED) is 0.945. The van der Waals surface area contributed by atoms with Gasteiger partial charge in [-0.1, -0.05) is 24.3 Å². The maximum atomic E-state index is 12.4. The van der Waals surface area contributed by atoms with Gasteiger partial charge in [-0.15, -0.1) is 0 Å². The molecule has 0 saturated heterocycles. The number of aryl methyl sites for hydroxylation is 1. The van der Waals surface area contributed by atoms with Crippen LogP contribution in [0.5, 0.6) is 0 Å². The maximum Gasteiger partial charge on any atom is 0.255 e. The molecule has 1 N–H and O–H groups in total. The number of rotatable bonds is 3. The Morgan fingerprint density at radius 1 is 1.27 bits per heavy atom. The Morgan fingerprint density at radius 3 is 2.73 bits per heavy atom. The monoisotopic (exact) mass is 295 g/mol. The van der Waals surface area contributed by atoms with E-state index in [1.54, 1.807) is 30.2 Å². The second-order valence-electron chi connectivity index (χ2n) is 5.48. The molecule has 112 valence electrons. The van der Waals surface area contributed by atoms with E-state index in [9.17, 15) is 9.59 Å². The first-order chi connectivity index (χ1) is 10.6. The summed E-state index contributed by atoms with van der Waals surface area (Å²) < 4.78 is 0. The van der Waals surface area contributed by atoms with Gasteiger partial charge in [-0.3, -0.25) is 9.59 Å². The van der Waals surface area contributed by atoms with Crippen molar-refractivity contribution in [3.63, 3.8) is 0 Å². The van der Waals surface area contributed by atoms with Crippen LogP contribution in [0, 0.1) is 6.92 Å². The number of anilines is 1. The van der Waals surface area contributed by atoms with E-state index < -0.39 is 6.04 Å². The zero-order valence-corrected chi connectivity index (χ0v) is 12.5. The van der Waals surface area contributed by atoms with Gasteiger partial charge in [0.2, 0.25) is 5.91 Å². The van der Waals surface area contributed by atoms with Crippen molar-refractivity contribution in [2.75, 3.05) is 5.32 Å². The Bertz CT molecular complexity index is 725. The van der Waals surface area contributed by atoms with E-state index in [0.717, 1.165) is 11.1 Å². The van der Waals surface area contributed by atoms with Crippen LogP contribution in [0.4, 0.5) is 5.82 Å². The van der Waals surface area contributed by atoms with Gasteiger partial charge in [0.1, 0.15) is 11.9 Å². The second-order valence-corrected chi connectivity index (χ2v) is 5.48. The van der Waals surface area contributed by atoms with Crippen molar-refractivity contribution in [1.82, 2.24) is 9.88 Å². The lowest BCUT2D eigenvalue weighted by molar-refractivity contribution is -0.120. The van der Waals surface area contributed by atoms with Crippen molar-refractivity contribution in [3.05, 3.63) is 59.3 Å². The van der Waals surface area contributed by atoms with Gasteiger partial charge in [0.15, 0.2) is 0 Å². The van der Waals surface area contributed by atoms with Crippen LogP contribution in [0.2, 0.25) is 0 Å². The number of benzene rings is 1. The smallest absolute Gasteiger partial charge is 0.255 e. The van der Waals surface area contributed by atoms with Crippen molar-refractivity contribution in [3.8, 4) is 0 Å². The normalized spacial score (nSPS) is 14.6. The van der Waals surface area contributed by atoms with Crippen molar-refractivity contribution in [2.45, 2.75) is 26.4 Å². The molecule has 1 aliphatic rings. The molecule has 2 heterocycles. The highest BCUT2D eigenvalue weighted by atomic mass is 16.2. The molecule has 1 aliphatic heterocycles. The molecule has 0 radical (unpaired) electrons. The molecular formula is C17H17N3O2. The Morgan fingerprint density at radius 2 is 2.05 bits per heavy atom. The lowest BCUT2D eigenvalue weighted by Crippen LogP contribution is -2.42. The largest absolute Gasteiger partial charge is 0.323 e. The van der Waals surface area contributed by atoms with Crippen LogP contribution in [0.25, 0.3) is 0 Å². The van der Waals surface area contributed by atoms with E-state index in [4.69, 9.17) is 0 Å². The van der Waals surface area contributed by atoms with Crippen LogP contribution in [-0.4, -0.2) is 27.7 Å². The molecule has 1 atom stereocenters. The van der Waals surface area contributed by atoms with Crippen LogP contribution in [-0.2, 0) is 11.3 Å². The number of hydrogen-bond donors (Lipinski definition) is 1.